The van der Waals surface area contributed by atoms with E-state index in [1.165, 1.54) is 25.7 Å². The number of nitrogens with two attached hydrogens (primary N) is 1. The Morgan fingerprint density at radius 1 is 1.32 bits per heavy atom. The van der Waals surface area contributed by atoms with Crippen LogP contribution in [0.3, 0.4) is 0 Å². The molecule has 1 aliphatic carbocycles. The standard InChI is InChI=1S/C14H25N5/c1-4-7-12-16-13(18-15)10(2)14(17-12)19(3)11-8-5-6-9-11/h11H,4-9,15H2,1-3H3,(H,16,17,18). The third-order valence-corrected chi connectivity index (χ3v) is 3.98. The van der Waals surface area contributed by atoms with Crippen molar-refractivity contribution in [2.45, 2.75) is 58.4 Å². The Labute approximate surface area is 115 Å². The van der Waals surface area contributed by atoms with Gasteiger partial charge in [-0.2, -0.15) is 0 Å². The van der Waals surface area contributed by atoms with Gasteiger partial charge >= 0.3 is 0 Å². The third kappa shape index (κ3) is 2.97. The summed E-state index contributed by atoms with van der Waals surface area (Å²) in [7, 11) is 2.14. The fourth-order valence-electron chi connectivity index (χ4n) is 2.83. The molecule has 1 fully saturated rings. The van der Waals surface area contributed by atoms with Gasteiger partial charge in [-0.3, -0.25) is 0 Å². The van der Waals surface area contributed by atoms with Crippen molar-refractivity contribution in [3.8, 4) is 0 Å². The molecule has 1 aromatic rings. The summed E-state index contributed by atoms with van der Waals surface area (Å²) < 4.78 is 0. The zero-order chi connectivity index (χ0) is 13.8. The van der Waals surface area contributed by atoms with Gasteiger partial charge in [0.25, 0.3) is 0 Å². The molecule has 0 aliphatic heterocycles. The van der Waals surface area contributed by atoms with Crippen molar-refractivity contribution in [3.05, 3.63) is 11.4 Å². The van der Waals surface area contributed by atoms with E-state index in [4.69, 9.17) is 10.8 Å². The molecule has 106 valence electrons. The molecule has 3 N–H and O–H groups in total. The van der Waals surface area contributed by atoms with E-state index in [0.717, 1.165) is 35.9 Å². The zero-order valence-corrected chi connectivity index (χ0v) is 12.2. The van der Waals surface area contributed by atoms with Crippen molar-refractivity contribution in [2.75, 3.05) is 17.4 Å². The lowest BCUT2D eigenvalue weighted by Gasteiger charge is -2.27. The summed E-state index contributed by atoms with van der Waals surface area (Å²) in [6.07, 6.45) is 7.09. The molecule has 1 saturated carbocycles. The highest BCUT2D eigenvalue weighted by Gasteiger charge is 2.23. The number of anilines is 2. The van der Waals surface area contributed by atoms with Crippen molar-refractivity contribution in [3.63, 3.8) is 0 Å². The van der Waals surface area contributed by atoms with Gasteiger partial charge in [0.05, 0.1) is 0 Å². The van der Waals surface area contributed by atoms with Gasteiger partial charge in [-0.25, -0.2) is 15.8 Å². The summed E-state index contributed by atoms with van der Waals surface area (Å²) in [5, 5.41) is 0. The van der Waals surface area contributed by atoms with E-state index < -0.39 is 0 Å². The molecule has 5 heteroatoms. The van der Waals surface area contributed by atoms with Gasteiger partial charge in [0.15, 0.2) is 0 Å². The van der Waals surface area contributed by atoms with Gasteiger partial charge in [-0.15, -0.1) is 0 Å². The van der Waals surface area contributed by atoms with Crippen LogP contribution >= 0.6 is 0 Å². The second-order valence-corrected chi connectivity index (χ2v) is 5.38. The highest BCUT2D eigenvalue weighted by atomic mass is 15.3. The Bertz CT molecular complexity index is 426. The van der Waals surface area contributed by atoms with Crippen molar-refractivity contribution < 1.29 is 0 Å². The second kappa shape index (κ2) is 6.19. The Morgan fingerprint density at radius 2 is 2.00 bits per heavy atom. The second-order valence-electron chi connectivity index (χ2n) is 5.38. The molecule has 0 amide bonds. The number of nitrogen functional groups attached to an aromatic ring is 1. The third-order valence-electron chi connectivity index (χ3n) is 3.98. The number of hydrogen-bond donors (Lipinski definition) is 2. The number of aryl methyl sites for hydroxylation is 1. The molecule has 0 atom stereocenters. The lowest BCUT2D eigenvalue weighted by atomic mass is 10.2. The van der Waals surface area contributed by atoms with Crippen LogP contribution in [0.5, 0.6) is 0 Å². The number of nitrogens with one attached hydrogen (secondary N) is 1. The minimum Gasteiger partial charge on any atom is -0.356 e. The van der Waals surface area contributed by atoms with Crippen LogP contribution in [0, 0.1) is 6.92 Å². The van der Waals surface area contributed by atoms with Gasteiger partial charge < -0.3 is 10.3 Å². The Morgan fingerprint density at radius 3 is 2.58 bits per heavy atom. The number of aromatic nitrogens is 2. The molecule has 0 aromatic carbocycles. The first kappa shape index (κ1) is 14.1. The first-order valence-electron chi connectivity index (χ1n) is 7.24. The summed E-state index contributed by atoms with van der Waals surface area (Å²) in [5.74, 6) is 8.23. The quantitative estimate of drug-likeness (QED) is 0.631. The normalized spacial score (nSPS) is 15.8. The van der Waals surface area contributed by atoms with Gasteiger partial charge in [0.1, 0.15) is 17.5 Å². The predicted molar refractivity (Wildman–Crippen MR) is 79.2 cm³/mol. The molecule has 0 spiro atoms. The number of nitrogens with zero attached hydrogens (tertiary/aromatic N) is 3. The van der Waals surface area contributed by atoms with Crippen molar-refractivity contribution in [1.29, 1.82) is 0 Å². The van der Waals surface area contributed by atoms with Crippen molar-refractivity contribution in [1.82, 2.24) is 9.97 Å². The monoisotopic (exact) mass is 263 g/mol. The van der Waals surface area contributed by atoms with Crippen LogP contribution in [0.4, 0.5) is 11.6 Å². The Kier molecular flexibility index (Phi) is 4.58. The lowest BCUT2D eigenvalue weighted by Crippen LogP contribution is -2.31. The number of hydrazine groups is 1. The van der Waals surface area contributed by atoms with E-state index in [9.17, 15) is 0 Å². The molecule has 1 heterocycles. The van der Waals surface area contributed by atoms with E-state index in [1.807, 2.05) is 6.92 Å². The van der Waals surface area contributed by atoms with E-state index in [0.29, 0.717) is 6.04 Å². The van der Waals surface area contributed by atoms with Crippen LogP contribution in [0.25, 0.3) is 0 Å². The molecule has 1 aromatic heterocycles. The molecule has 0 radical (unpaired) electrons. The van der Waals surface area contributed by atoms with Crippen molar-refractivity contribution >= 4 is 11.6 Å². The maximum absolute atomic E-state index is 5.58. The summed E-state index contributed by atoms with van der Waals surface area (Å²) in [6, 6.07) is 0.605. The van der Waals surface area contributed by atoms with Gasteiger partial charge in [-0.05, 0) is 26.2 Å². The maximum atomic E-state index is 5.58. The van der Waals surface area contributed by atoms with Crippen LogP contribution in [-0.2, 0) is 6.42 Å². The van der Waals surface area contributed by atoms with Crippen LogP contribution in [0.2, 0.25) is 0 Å². The molecule has 5 nitrogen and oxygen atoms in total. The Balaban J connectivity index is 2.33. The average molecular weight is 263 g/mol. The minimum atomic E-state index is 0.605. The molecular weight excluding hydrogens is 238 g/mol. The summed E-state index contributed by atoms with van der Waals surface area (Å²) in [5.41, 5.74) is 3.74. The number of rotatable bonds is 5. The smallest absolute Gasteiger partial charge is 0.148 e. The summed E-state index contributed by atoms with van der Waals surface area (Å²) in [6.45, 7) is 4.17. The van der Waals surface area contributed by atoms with E-state index in [-0.39, 0.29) is 0 Å². The minimum absolute atomic E-state index is 0.605. The van der Waals surface area contributed by atoms with Crippen molar-refractivity contribution in [2.24, 2.45) is 5.84 Å². The number of hydrogen-bond acceptors (Lipinski definition) is 5. The fraction of sp³-hybridized carbons (Fsp3) is 0.714. The Hall–Kier alpha value is -1.36. The van der Waals surface area contributed by atoms with Gasteiger partial charge in [0.2, 0.25) is 0 Å². The molecule has 2 rings (SSSR count). The molecule has 19 heavy (non-hydrogen) atoms. The van der Waals surface area contributed by atoms with Crippen LogP contribution < -0.4 is 16.2 Å². The summed E-state index contributed by atoms with van der Waals surface area (Å²) in [4.78, 5) is 11.5. The molecule has 0 unspecified atom stereocenters. The maximum Gasteiger partial charge on any atom is 0.148 e. The first-order chi connectivity index (χ1) is 9.17. The van der Waals surface area contributed by atoms with Gasteiger partial charge in [-0.1, -0.05) is 19.8 Å². The molecule has 0 saturated heterocycles. The van der Waals surface area contributed by atoms with Crippen LogP contribution in [-0.4, -0.2) is 23.1 Å². The largest absolute Gasteiger partial charge is 0.356 e. The average Bonchev–Trinajstić information content (AvgIpc) is 2.94. The van der Waals surface area contributed by atoms with E-state index >= 15 is 0 Å². The van der Waals surface area contributed by atoms with Crippen LogP contribution in [0.1, 0.15) is 50.4 Å². The summed E-state index contributed by atoms with van der Waals surface area (Å²) >= 11 is 0. The topological polar surface area (TPSA) is 67.1 Å². The highest BCUT2D eigenvalue weighted by Crippen LogP contribution is 2.29. The highest BCUT2D eigenvalue weighted by molar-refractivity contribution is 5.58. The molecule has 1 aliphatic rings. The SMILES string of the molecule is CCCc1nc(NN)c(C)c(N(C)C2CCCC2)n1. The predicted octanol–water partition coefficient (Wildman–Crippen LogP) is 2.40. The molecule has 0 bridgehead atoms. The van der Waals surface area contributed by atoms with E-state index in [2.05, 4.69) is 29.3 Å². The lowest BCUT2D eigenvalue weighted by molar-refractivity contribution is 0.641. The fourth-order valence-corrected chi connectivity index (χ4v) is 2.83. The van der Waals surface area contributed by atoms with Crippen LogP contribution in [0.15, 0.2) is 0 Å². The molecular formula is C14H25N5. The first-order valence-corrected chi connectivity index (χ1v) is 7.24. The van der Waals surface area contributed by atoms with Gasteiger partial charge in [0, 0.05) is 25.1 Å². The van der Waals surface area contributed by atoms with E-state index in [1.54, 1.807) is 0 Å². The zero-order valence-electron chi connectivity index (χ0n) is 12.2.